The highest BCUT2D eigenvalue weighted by atomic mass is 32.2. The minimum atomic E-state index is -0.991. The van der Waals surface area contributed by atoms with Crippen LogP contribution in [0.3, 0.4) is 0 Å². The van der Waals surface area contributed by atoms with E-state index in [1.807, 2.05) is 47.8 Å². The molecule has 26 heavy (non-hydrogen) atoms. The standard InChI is InChI=1S/C21H19NO3S/c23-21(24)19-13-26-20(22-19)15-8-10-17(11-9-15)25-12-16-6-3-5-14-4-1-2-7-18(14)16/h1-11,19-20,22H,12-13H2,(H,23,24)/t19-,20-/m1/s1. The molecule has 0 bridgehead atoms. The molecule has 1 aliphatic heterocycles. The van der Waals surface area contributed by atoms with Crippen molar-refractivity contribution in [1.82, 2.24) is 0 Å². The quantitative estimate of drug-likeness (QED) is 0.749. The first-order valence-electron chi connectivity index (χ1n) is 8.57. The van der Waals surface area contributed by atoms with Crippen molar-refractivity contribution in [2.24, 2.45) is 0 Å². The van der Waals surface area contributed by atoms with Gasteiger partial charge in [-0.25, -0.2) is 0 Å². The SMILES string of the molecule is O=C([O-])[C@H]1CS[C@H](c2ccc(OCc3cccc4ccccc34)cc2)[NH2+]1. The second kappa shape index (κ2) is 7.40. The van der Waals surface area contributed by atoms with Gasteiger partial charge in [0.1, 0.15) is 24.4 Å². The highest BCUT2D eigenvalue weighted by molar-refractivity contribution is 7.99. The van der Waals surface area contributed by atoms with Gasteiger partial charge in [0.25, 0.3) is 0 Å². The molecule has 4 rings (SSSR count). The number of quaternary nitrogens is 1. The van der Waals surface area contributed by atoms with E-state index in [2.05, 4.69) is 24.3 Å². The molecule has 0 spiro atoms. The van der Waals surface area contributed by atoms with Gasteiger partial charge in [-0.1, -0.05) is 54.2 Å². The lowest BCUT2D eigenvalue weighted by molar-refractivity contribution is -0.690. The number of fused-ring (bicyclic) bond motifs is 1. The Morgan fingerprint density at radius 1 is 1.08 bits per heavy atom. The number of carbonyl (C=O) groups is 1. The van der Waals surface area contributed by atoms with Crippen LogP contribution >= 0.6 is 11.8 Å². The van der Waals surface area contributed by atoms with Gasteiger partial charge in [-0.2, -0.15) is 0 Å². The molecule has 0 saturated carbocycles. The summed E-state index contributed by atoms with van der Waals surface area (Å²) in [6.07, 6.45) is 0. The van der Waals surface area contributed by atoms with Crippen LogP contribution in [0, 0.1) is 0 Å². The molecule has 1 saturated heterocycles. The zero-order valence-corrected chi connectivity index (χ0v) is 14.9. The summed E-state index contributed by atoms with van der Waals surface area (Å²) >= 11 is 1.63. The normalized spacial score (nSPS) is 19.5. The van der Waals surface area contributed by atoms with Crippen molar-refractivity contribution in [3.8, 4) is 5.75 Å². The van der Waals surface area contributed by atoms with Crippen molar-refractivity contribution in [2.45, 2.75) is 18.0 Å². The number of hydrogen-bond acceptors (Lipinski definition) is 4. The van der Waals surface area contributed by atoms with Gasteiger partial charge in [0, 0.05) is 5.56 Å². The van der Waals surface area contributed by atoms with Crippen LogP contribution in [0.2, 0.25) is 0 Å². The molecule has 3 aromatic carbocycles. The molecule has 2 N–H and O–H groups in total. The third-order valence-electron chi connectivity index (χ3n) is 4.65. The summed E-state index contributed by atoms with van der Waals surface area (Å²) < 4.78 is 5.96. The Morgan fingerprint density at radius 2 is 1.85 bits per heavy atom. The summed E-state index contributed by atoms with van der Waals surface area (Å²) in [5.41, 5.74) is 2.25. The fourth-order valence-electron chi connectivity index (χ4n) is 3.22. The monoisotopic (exact) mass is 365 g/mol. The van der Waals surface area contributed by atoms with Crippen molar-refractivity contribution >= 4 is 28.5 Å². The molecule has 132 valence electrons. The number of carbonyl (C=O) groups excluding carboxylic acids is 1. The van der Waals surface area contributed by atoms with Crippen LogP contribution in [0.25, 0.3) is 10.8 Å². The van der Waals surface area contributed by atoms with E-state index in [-0.39, 0.29) is 5.37 Å². The third kappa shape index (κ3) is 3.54. The molecule has 0 unspecified atom stereocenters. The fourth-order valence-corrected chi connectivity index (χ4v) is 4.53. The van der Waals surface area contributed by atoms with Crippen molar-refractivity contribution in [2.75, 3.05) is 5.75 Å². The van der Waals surface area contributed by atoms with E-state index < -0.39 is 12.0 Å². The number of benzene rings is 3. The van der Waals surface area contributed by atoms with Crippen molar-refractivity contribution < 1.29 is 20.0 Å². The highest BCUT2D eigenvalue weighted by Gasteiger charge is 2.30. The number of thioether (sulfide) groups is 1. The summed E-state index contributed by atoms with van der Waals surface area (Å²) in [6, 6.07) is 21.9. The molecule has 5 heteroatoms. The predicted octanol–water partition coefficient (Wildman–Crippen LogP) is 1.85. The summed E-state index contributed by atoms with van der Waals surface area (Å²) in [4.78, 5) is 11.0. The summed E-state index contributed by atoms with van der Waals surface area (Å²) in [6.45, 7) is 0.512. The minimum absolute atomic E-state index is 0.102. The van der Waals surface area contributed by atoms with Crippen LogP contribution in [0.15, 0.2) is 66.7 Å². The molecule has 0 radical (unpaired) electrons. The molecule has 1 fully saturated rings. The Balaban J connectivity index is 1.42. The van der Waals surface area contributed by atoms with Gasteiger partial charge in [-0.05, 0) is 40.6 Å². The van der Waals surface area contributed by atoms with E-state index in [0.29, 0.717) is 12.4 Å². The van der Waals surface area contributed by atoms with Gasteiger partial charge in [-0.3, -0.25) is 0 Å². The van der Waals surface area contributed by atoms with E-state index in [4.69, 9.17) is 4.74 Å². The van der Waals surface area contributed by atoms with Crippen LogP contribution in [0.4, 0.5) is 0 Å². The van der Waals surface area contributed by atoms with E-state index in [0.717, 1.165) is 16.9 Å². The Morgan fingerprint density at radius 3 is 2.62 bits per heavy atom. The van der Waals surface area contributed by atoms with E-state index in [1.165, 1.54) is 10.8 Å². The molecule has 2 atom stereocenters. The second-order valence-corrected chi connectivity index (χ2v) is 7.54. The Labute approximate surface area is 156 Å². The van der Waals surface area contributed by atoms with Gasteiger partial charge in [0.15, 0.2) is 5.37 Å². The van der Waals surface area contributed by atoms with Crippen LogP contribution < -0.4 is 15.2 Å². The lowest BCUT2D eigenvalue weighted by atomic mass is 10.1. The molecule has 1 aliphatic rings. The average molecular weight is 365 g/mol. The Bertz CT molecular complexity index is 921. The highest BCUT2D eigenvalue weighted by Crippen LogP contribution is 2.28. The van der Waals surface area contributed by atoms with Gasteiger partial charge in [-0.15, -0.1) is 0 Å². The van der Waals surface area contributed by atoms with Gasteiger partial charge in [0.05, 0.1) is 5.75 Å². The molecule has 0 aromatic heterocycles. The maximum atomic E-state index is 11.0. The molecule has 0 amide bonds. The first kappa shape index (κ1) is 16.9. The maximum Gasteiger partial charge on any atom is 0.159 e. The maximum absolute atomic E-state index is 11.0. The van der Waals surface area contributed by atoms with Crippen LogP contribution in [-0.2, 0) is 11.4 Å². The van der Waals surface area contributed by atoms with Gasteiger partial charge >= 0.3 is 0 Å². The minimum Gasteiger partial charge on any atom is -0.544 e. The smallest absolute Gasteiger partial charge is 0.159 e. The van der Waals surface area contributed by atoms with Crippen LogP contribution in [0.5, 0.6) is 5.75 Å². The second-order valence-electron chi connectivity index (χ2n) is 6.37. The van der Waals surface area contributed by atoms with E-state index >= 15 is 0 Å². The Kier molecular flexibility index (Phi) is 4.82. The van der Waals surface area contributed by atoms with Gasteiger partial charge in [0.2, 0.25) is 0 Å². The lowest BCUT2D eigenvalue weighted by Crippen LogP contribution is -2.90. The molecular weight excluding hydrogens is 346 g/mol. The van der Waals surface area contributed by atoms with Crippen molar-refractivity contribution in [3.63, 3.8) is 0 Å². The molecule has 0 aliphatic carbocycles. The number of hydrogen-bond donors (Lipinski definition) is 1. The number of nitrogens with two attached hydrogens (primary N) is 1. The predicted molar refractivity (Wildman–Crippen MR) is 101 cm³/mol. The number of rotatable bonds is 5. The van der Waals surface area contributed by atoms with Crippen LogP contribution in [0.1, 0.15) is 16.5 Å². The van der Waals surface area contributed by atoms with E-state index in [1.54, 1.807) is 11.8 Å². The van der Waals surface area contributed by atoms with E-state index in [9.17, 15) is 9.90 Å². The lowest BCUT2D eigenvalue weighted by Gasteiger charge is -2.12. The number of aliphatic carboxylic acids is 1. The first-order valence-corrected chi connectivity index (χ1v) is 9.62. The number of carboxylic acid groups (broad SMARTS) is 1. The molecule has 3 aromatic rings. The van der Waals surface area contributed by atoms with Crippen molar-refractivity contribution in [1.29, 1.82) is 0 Å². The summed E-state index contributed by atoms with van der Waals surface area (Å²) in [5.74, 6) is 0.392. The summed E-state index contributed by atoms with van der Waals surface area (Å²) in [5, 5.41) is 15.3. The molecule has 1 heterocycles. The topological polar surface area (TPSA) is 66.0 Å². The van der Waals surface area contributed by atoms with Gasteiger partial charge < -0.3 is 20.0 Å². The zero-order valence-electron chi connectivity index (χ0n) is 14.1. The zero-order chi connectivity index (χ0) is 17.9. The summed E-state index contributed by atoms with van der Waals surface area (Å²) in [7, 11) is 0. The van der Waals surface area contributed by atoms with Crippen LogP contribution in [-0.4, -0.2) is 17.8 Å². The number of ether oxygens (including phenoxy) is 1. The number of carboxylic acids is 1. The average Bonchev–Trinajstić information content (AvgIpc) is 3.17. The van der Waals surface area contributed by atoms with Crippen molar-refractivity contribution in [3.05, 3.63) is 77.9 Å². The third-order valence-corrected chi connectivity index (χ3v) is 5.99. The largest absolute Gasteiger partial charge is 0.544 e. The first-order chi connectivity index (χ1) is 12.7. The molecule has 4 nitrogen and oxygen atoms in total. The fraction of sp³-hybridized carbons (Fsp3) is 0.190. The molecular formula is C21H19NO3S. The Hall–Kier alpha value is -2.50.